The van der Waals surface area contributed by atoms with Crippen LogP contribution in [0.1, 0.15) is 24.8 Å². The van der Waals surface area contributed by atoms with E-state index in [1.807, 2.05) is 48.2 Å². The van der Waals surface area contributed by atoms with Gasteiger partial charge in [0, 0.05) is 26.2 Å². The maximum Gasteiger partial charge on any atom is 0.230 e. The molecule has 1 N–H and O–H groups in total. The number of nitrogens with zero attached hydrogens (tertiary/aromatic N) is 1. The summed E-state index contributed by atoms with van der Waals surface area (Å²) in [7, 11) is 0. The number of hydrogen-bond donors (Lipinski definition) is 1. The van der Waals surface area contributed by atoms with Gasteiger partial charge in [-0.2, -0.15) is 0 Å². The first-order valence-electron chi connectivity index (χ1n) is 6.98. The van der Waals surface area contributed by atoms with Gasteiger partial charge in [0.05, 0.1) is 5.92 Å². The van der Waals surface area contributed by atoms with Gasteiger partial charge in [0.2, 0.25) is 5.91 Å². The van der Waals surface area contributed by atoms with Crippen molar-refractivity contribution >= 4 is 5.91 Å². The summed E-state index contributed by atoms with van der Waals surface area (Å²) in [6, 6.07) is 10.1. The van der Waals surface area contributed by atoms with Crippen LogP contribution in [0.3, 0.4) is 0 Å². The molecule has 1 aliphatic heterocycles. The molecule has 3 heteroatoms. The number of carbonyl (C=O) groups excluding carboxylic acids is 1. The van der Waals surface area contributed by atoms with E-state index in [2.05, 4.69) is 11.4 Å². The molecule has 1 aliphatic rings. The van der Waals surface area contributed by atoms with Crippen LogP contribution in [0.5, 0.6) is 0 Å². The summed E-state index contributed by atoms with van der Waals surface area (Å²) >= 11 is 0. The van der Waals surface area contributed by atoms with Crippen LogP contribution in [0.2, 0.25) is 0 Å². The Morgan fingerprint density at radius 2 is 2.00 bits per heavy atom. The van der Waals surface area contributed by atoms with Gasteiger partial charge >= 0.3 is 0 Å². The van der Waals surface area contributed by atoms with Crippen LogP contribution in [0.15, 0.2) is 42.5 Å². The van der Waals surface area contributed by atoms with Crippen LogP contribution in [-0.2, 0) is 4.79 Å². The number of rotatable bonds is 4. The number of carbonyl (C=O) groups is 1. The summed E-state index contributed by atoms with van der Waals surface area (Å²) in [5.41, 5.74) is 1.11. The van der Waals surface area contributed by atoms with E-state index in [0.717, 1.165) is 38.2 Å². The molecule has 2 rings (SSSR count). The van der Waals surface area contributed by atoms with Gasteiger partial charge in [0.25, 0.3) is 0 Å². The third-order valence-electron chi connectivity index (χ3n) is 3.54. The summed E-state index contributed by atoms with van der Waals surface area (Å²) in [6.07, 6.45) is 4.88. The largest absolute Gasteiger partial charge is 0.340 e. The number of nitrogens with one attached hydrogen (secondary N) is 1. The molecule has 3 nitrogen and oxygen atoms in total. The third-order valence-corrected chi connectivity index (χ3v) is 3.54. The first-order valence-corrected chi connectivity index (χ1v) is 6.98. The van der Waals surface area contributed by atoms with Gasteiger partial charge in [0.1, 0.15) is 0 Å². The number of amides is 1. The van der Waals surface area contributed by atoms with Gasteiger partial charge in [-0.1, -0.05) is 42.5 Å². The Morgan fingerprint density at radius 1 is 1.32 bits per heavy atom. The van der Waals surface area contributed by atoms with Crippen molar-refractivity contribution in [3.05, 3.63) is 48.0 Å². The zero-order valence-corrected chi connectivity index (χ0v) is 11.5. The van der Waals surface area contributed by atoms with Crippen molar-refractivity contribution in [1.29, 1.82) is 0 Å². The minimum Gasteiger partial charge on any atom is -0.340 e. The van der Waals surface area contributed by atoms with E-state index >= 15 is 0 Å². The summed E-state index contributed by atoms with van der Waals surface area (Å²) < 4.78 is 0. The standard InChI is InChI=1S/C16H22N2O/c1-2-3-9-15(14-7-5-4-6-8-14)16(19)18-12-10-17-11-13-18/h2-8,15,17H,9-13H2,1H3/b3-2+. The highest BCUT2D eigenvalue weighted by Gasteiger charge is 2.25. The average Bonchev–Trinajstić information content (AvgIpc) is 2.49. The molecular weight excluding hydrogens is 236 g/mol. The Kier molecular flexibility index (Phi) is 5.16. The molecule has 1 aromatic carbocycles. The van der Waals surface area contributed by atoms with E-state index in [9.17, 15) is 4.79 Å². The Balaban J connectivity index is 2.14. The smallest absolute Gasteiger partial charge is 0.230 e. The number of hydrogen-bond acceptors (Lipinski definition) is 2. The first-order chi connectivity index (χ1) is 9.33. The highest BCUT2D eigenvalue weighted by Crippen LogP contribution is 2.23. The molecule has 1 amide bonds. The zero-order valence-electron chi connectivity index (χ0n) is 11.5. The Hall–Kier alpha value is -1.61. The molecule has 0 saturated carbocycles. The summed E-state index contributed by atoms with van der Waals surface area (Å²) in [5.74, 6) is 0.210. The monoisotopic (exact) mass is 258 g/mol. The molecule has 1 saturated heterocycles. The minimum absolute atomic E-state index is 0.0458. The second-order valence-corrected chi connectivity index (χ2v) is 4.84. The van der Waals surface area contributed by atoms with Crippen LogP contribution in [0.4, 0.5) is 0 Å². The molecule has 0 aromatic heterocycles. The zero-order chi connectivity index (χ0) is 13.5. The molecule has 1 heterocycles. The predicted molar refractivity (Wildman–Crippen MR) is 78.1 cm³/mol. The SMILES string of the molecule is C/C=C/CC(C(=O)N1CCNCC1)c1ccccc1. The number of benzene rings is 1. The highest BCUT2D eigenvalue weighted by molar-refractivity contribution is 5.84. The molecule has 1 unspecified atom stereocenters. The van der Waals surface area contributed by atoms with E-state index in [1.54, 1.807) is 0 Å². The van der Waals surface area contributed by atoms with Crippen molar-refractivity contribution in [1.82, 2.24) is 10.2 Å². The molecule has 0 aliphatic carbocycles. The second kappa shape index (κ2) is 7.10. The van der Waals surface area contributed by atoms with Crippen molar-refractivity contribution < 1.29 is 4.79 Å². The molecule has 0 radical (unpaired) electrons. The van der Waals surface area contributed by atoms with Crippen molar-refractivity contribution in [2.24, 2.45) is 0 Å². The summed E-state index contributed by atoms with van der Waals surface area (Å²) in [6.45, 7) is 5.43. The maximum absolute atomic E-state index is 12.7. The fourth-order valence-corrected chi connectivity index (χ4v) is 2.44. The van der Waals surface area contributed by atoms with E-state index < -0.39 is 0 Å². The highest BCUT2D eigenvalue weighted by atomic mass is 16.2. The van der Waals surface area contributed by atoms with Crippen molar-refractivity contribution in [2.75, 3.05) is 26.2 Å². The van der Waals surface area contributed by atoms with Gasteiger partial charge in [-0.25, -0.2) is 0 Å². The Morgan fingerprint density at radius 3 is 2.63 bits per heavy atom. The molecule has 102 valence electrons. The lowest BCUT2D eigenvalue weighted by molar-refractivity contribution is -0.133. The lowest BCUT2D eigenvalue weighted by Crippen LogP contribution is -2.48. The number of piperazine rings is 1. The maximum atomic E-state index is 12.7. The predicted octanol–water partition coefficient (Wildman–Crippen LogP) is 2.17. The summed E-state index contributed by atoms with van der Waals surface area (Å²) in [5, 5.41) is 3.28. The van der Waals surface area contributed by atoms with Crippen LogP contribution in [0.25, 0.3) is 0 Å². The summed E-state index contributed by atoms with van der Waals surface area (Å²) in [4.78, 5) is 14.7. The van der Waals surface area contributed by atoms with Crippen molar-refractivity contribution in [3.8, 4) is 0 Å². The molecular formula is C16H22N2O. The van der Waals surface area contributed by atoms with Crippen LogP contribution in [0, 0.1) is 0 Å². The van der Waals surface area contributed by atoms with Crippen LogP contribution >= 0.6 is 0 Å². The normalized spacial score (nSPS) is 17.6. The van der Waals surface area contributed by atoms with Crippen LogP contribution < -0.4 is 5.32 Å². The van der Waals surface area contributed by atoms with E-state index in [0.29, 0.717) is 0 Å². The Labute approximate surface area is 115 Å². The van der Waals surface area contributed by atoms with Gasteiger partial charge < -0.3 is 10.2 Å². The minimum atomic E-state index is -0.0458. The molecule has 1 fully saturated rings. The van der Waals surface area contributed by atoms with Crippen molar-refractivity contribution in [2.45, 2.75) is 19.3 Å². The number of allylic oxidation sites excluding steroid dienone is 2. The lowest BCUT2D eigenvalue weighted by Gasteiger charge is -2.30. The fraction of sp³-hybridized carbons (Fsp3) is 0.438. The van der Waals surface area contributed by atoms with Crippen LogP contribution in [-0.4, -0.2) is 37.0 Å². The molecule has 0 spiro atoms. The quantitative estimate of drug-likeness (QED) is 0.839. The van der Waals surface area contributed by atoms with E-state index in [1.165, 1.54) is 0 Å². The van der Waals surface area contributed by atoms with Gasteiger partial charge in [0.15, 0.2) is 0 Å². The molecule has 1 atom stereocenters. The van der Waals surface area contributed by atoms with Gasteiger partial charge in [-0.15, -0.1) is 0 Å². The van der Waals surface area contributed by atoms with Gasteiger partial charge in [-0.3, -0.25) is 4.79 Å². The average molecular weight is 258 g/mol. The topological polar surface area (TPSA) is 32.3 Å². The molecule has 19 heavy (non-hydrogen) atoms. The molecule has 1 aromatic rings. The van der Waals surface area contributed by atoms with E-state index in [4.69, 9.17) is 0 Å². The Bertz CT molecular complexity index is 422. The first kappa shape index (κ1) is 13.8. The van der Waals surface area contributed by atoms with Gasteiger partial charge in [-0.05, 0) is 18.9 Å². The third kappa shape index (κ3) is 3.67. The second-order valence-electron chi connectivity index (χ2n) is 4.84. The van der Waals surface area contributed by atoms with Crippen molar-refractivity contribution in [3.63, 3.8) is 0 Å². The van der Waals surface area contributed by atoms with E-state index in [-0.39, 0.29) is 11.8 Å². The lowest BCUT2D eigenvalue weighted by atomic mass is 9.93. The molecule has 0 bridgehead atoms. The fourth-order valence-electron chi connectivity index (χ4n) is 2.44.